The Morgan fingerprint density at radius 1 is 1.15 bits per heavy atom. The third kappa shape index (κ3) is 2.82. The number of hydrogen-bond donors (Lipinski definition) is 1. The number of piperazine rings is 1. The van der Waals surface area contributed by atoms with Crippen LogP contribution in [0.15, 0.2) is 0 Å². The Morgan fingerprint density at radius 3 is 2.25 bits per heavy atom. The molecule has 0 radical (unpaired) electrons. The monoisotopic (exact) mass is 302 g/mol. The van der Waals surface area contributed by atoms with Crippen molar-refractivity contribution in [1.29, 1.82) is 0 Å². The molecule has 0 aromatic rings. The highest BCUT2D eigenvalue weighted by Gasteiger charge is 2.43. The van der Waals surface area contributed by atoms with Crippen molar-refractivity contribution in [2.75, 3.05) is 11.5 Å². The van der Waals surface area contributed by atoms with Crippen LogP contribution in [0.5, 0.6) is 0 Å². The van der Waals surface area contributed by atoms with Crippen molar-refractivity contribution in [3.05, 3.63) is 0 Å². The molecule has 2 saturated heterocycles. The van der Waals surface area contributed by atoms with Gasteiger partial charge in [0.25, 0.3) is 0 Å². The fourth-order valence-corrected chi connectivity index (χ4v) is 4.50. The molecule has 1 N–H and O–H groups in total. The summed E-state index contributed by atoms with van der Waals surface area (Å²) in [5.41, 5.74) is 0. The Labute approximate surface area is 119 Å². The number of carbonyl (C=O) groups is 2. The smallest absolute Gasteiger partial charge is 0.246 e. The number of carbonyl (C=O) groups excluding carboxylic acids is 2. The largest absolute Gasteiger partial charge is 0.343 e. The van der Waals surface area contributed by atoms with Gasteiger partial charge in [0.2, 0.25) is 11.8 Å². The molecule has 0 aromatic heterocycles. The summed E-state index contributed by atoms with van der Waals surface area (Å²) >= 11 is 0. The zero-order valence-electron chi connectivity index (χ0n) is 12.0. The van der Waals surface area contributed by atoms with E-state index in [1.807, 2.05) is 13.8 Å². The van der Waals surface area contributed by atoms with E-state index in [2.05, 4.69) is 5.32 Å². The average Bonchev–Trinajstić information content (AvgIpc) is 2.41. The van der Waals surface area contributed by atoms with E-state index >= 15 is 0 Å². The van der Waals surface area contributed by atoms with Crippen LogP contribution < -0.4 is 5.32 Å². The lowest BCUT2D eigenvalue weighted by Gasteiger charge is -2.44. The van der Waals surface area contributed by atoms with Crippen LogP contribution in [0.2, 0.25) is 0 Å². The number of nitrogens with zero attached hydrogens (tertiary/aromatic N) is 1. The first-order valence-corrected chi connectivity index (χ1v) is 9.04. The molecule has 2 heterocycles. The van der Waals surface area contributed by atoms with Gasteiger partial charge in [-0.15, -0.1) is 0 Å². The van der Waals surface area contributed by atoms with E-state index < -0.39 is 21.9 Å². The predicted octanol–water partition coefficient (Wildman–Crippen LogP) is 0.0792. The molecule has 0 aliphatic carbocycles. The van der Waals surface area contributed by atoms with Gasteiger partial charge in [-0.2, -0.15) is 0 Å². The highest BCUT2D eigenvalue weighted by atomic mass is 32.2. The number of sulfone groups is 1. The van der Waals surface area contributed by atoms with Crippen molar-refractivity contribution in [3.63, 3.8) is 0 Å². The third-order valence-corrected chi connectivity index (χ3v) is 5.94. The van der Waals surface area contributed by atoms with E-state index in [0.717, 1.165) is 0 Å². The van der Waals surface area contributed by atoms with E-state index in [-0.39, 0.29) is 29.4 Å². The predicted molar refractivity (Wildman–Crippen MR) is 74.8 cm³/mol. The third-order valence-electron chi connectivity index (χ3n) is 4.22. The minimum absolute atomic E-state index is 0.0664. The van der Waals surface area contributed by atoms with Crippen LogP contribution in [0.4, 0.5) is 0 Å². The first-order valence-electron chi connectivity index (χ1n) is 7.22. The summed E-state index contributed by atoms with van der Waals surface area (Å²) in [7, 11) is -2.97. The molecule has 0 saturated carbocycles. The second-order valence-electron chi connectivity index (χ2n) is 5.52. The fourth-order valence-electron chi connectivity index (χ4n) is 3.04. The van der Waals surface area contributed by atoms with Crippen LogP contribution in [0.1, 0.15) is 39.5 Å². The van der Waals surface area contributed by atoms with E-state index in [1.165, 1.54) is 0 Å². The Hall–Kier alpha value is -1.11. The van der Waals surface area contributed by atoms with Crippen molar-refractivity contribution in [1.82, 2.24) is 10.2 Å². The molecule has 2 fully saturated rings. The van der Waals surface area contributed by atoms with E-state index in [9.17, 15) is 18.0 Å². The molecular weight excluding hydrogens is 280 g/mol. The van der Waals surface area contributed by atoms with Gasteiger partial charge in [0.05, 0.1) is 11.5 Å². The zero-order valence-corrected chi connectivity index (χ0v) is 12.8. The van der Waals surface area contributed by atoms with Gasteiger partial charge < -0.3 is 10.2 Å². The average molecular weight is 302 g/mol. The minimum atomic E-state index is -2.97. The van der Waals surface area contributed by atoms with Crippen molar-refractivity contribution >= 4 is 21.7 Å². The first-order chi connectivity index (χ1) is 9.39. The SMILES string of the molecule is CCC1NC(=O)C(CC)N(C2CCS(=O)(=O)CC2)C1=O. The van der Waals surface area contributed by atoms with Crippen LogP contribution in [0, 0.1) is 0 Å². The zero-order chi connectivity index (χ0) is 14.9. The number of hydrogen-bond acceptors (Lipinski definition) is 4. The summed E-state index contributed by atoms with van der Waals surface area (Å²) in [6, 6.07) is -1.06. The Kier molecular flexibility index (Phi) is 4.36. The standard InChI is InChI=1S/C13H22N2O4S/c1-3-10-13(17)15(11(4-2)12(16)14-10)9-5-7-20(18,19)8-6-9/h9-11H,3-8H2,1-2H3,(H,14,16). The van der Waals surface area contributed by atoms with E-state index in [4.69, 9.17) is 0 Å². The lowest BCUT2D eigenvalue weighted by atomic mass is 9.98. The highest BCUT2D eigenvalue weighted by Crippen LogP contribution is 2.25. The lowest BCUT2D eigenvalue weighted by Crippen LogP contribution is -2.66. The van der Waals surface area contributed by atoms with Crippen molar-refractivity contribution < 1.29 is 18.0 Å². The van der Waals surface area contributed by atoms with Gasteiger partial charge in [-0.1, -0.05) is 13.8 Å². The normalized spacial score (nSPS) is 31.2. The Morgan fingerprint density at radius 2 is 1.75 bits per heavy atom. The molecule has 0 aromatic carbocycles. The van der Waals surface area contributed by atoms with Gasteiger partial charge in [-0.3, -0.25) is 9.59 Å². The van der Waals surface area contributed by atoms with Gasteiger partial charge in [0.1, 0.15) is 21.9 Å². The summed E-state index contributed by atoms with van der Waals surface area (Å²) in [5, 5.41) is 2.75. The number of rotatable bonds is 3. The summed E-state index contributed by atoms with van der Waals surface area (Å²) in [6.07, 6.45) is 1.99. The van der Waals surface area contributed by atoms with Crippen molar-refractivity contribution in [2.24, 2.45) is 0 Å². The lowest BCUT2D eigenvalue weighted by molar-refractivity contribution is -0.152. The molecule has 0 spiro atoms. The van der Waals surface area contributed by atoms with Gasteiger partial charge in [0.15, 0.2) is 0 Å². The summed E-state index contributed by atoms with van der Waals surface area (Å²) in [5.74, 6) is 0.0303. The van der Waals surface area contributed by atoms with Crippen LogP contribution in [-0.2, 0) is 19.4 Å². The van der Waals surface area contributed by atoms with Gasteiger partial charge in [-0.25, -0.2) is 8.42 Å². The molecule has 2 atom stereocenters. The maximum absolute atomic E-state index is 12.5. The minimum Gasteiger partial charge on any atom is -0.343 e. The van der Waals surface area contributed by atoms with Crippen LogP contribution in [-0.4, -0.2) is 54.8 Å². The molecule has 2 aliphatic rings. The molecule has 7 heteroatoms. The van der Waals surface area contributed by atoms with Gasteiger partial charge in [0, 0.05) is 6.04 Å². The van der Waals surface area contributed by atoms with Gasteiger partial charge in [-0.05, 0) is 25.7 Å². The molecule has 114 valence electrons. The second-order valence-corrected chi connectivity index (χ2v) is 7.83. The molecule has 2 amide bonds. The maximum atomic E-state index is 12.5. The topological polar surface area (TPSA) is 83.6 Å². The Balaban J connectivity index is 2.21. The van der Waals surface area contributed by atoms with Crippen LogP contribution in [0.25, 0.3) is 0 Å². The molecule has 2 aliphatic heterocycles. The fraction of sp³-hybridized carbons (Fsp3) is 0.846. The Bertz CT molecular complexity index is 489. The van der Waals surface area contributed by atoms with E-state index in [0.29, 0.717) is 25.7 Å². The summed E-state index contributed by atoms with van der Waals surface area (Å²) < 4.78 is 23.0. The molecule has 2 rings (SSSR count). The molecular formula is C13H22N2O4S. The van der Waals surface area contributed by atoms with Crippen LogP contribution in [0.3, 0.4) is 0 Å². The van der Waals surface area contributed by atoms with Crippen molar-refractivity contribution in [3.8, 4) is 0 Å². The highest BCUT2D eigenvalue weighted by molar-refractivity contribution is 7.91. The van der Waals surface area contributed by atoms with Crippen LogP contribution >= 0.6 is 0 Å². The van der Waals surface area contributed by atoms with Gasteiger partial charge >= 0.3 is 0 Å². The quantitative estimate of drug-likeness (QED) is 0.800. The molecule has 6 nitrogen and oxygen atoms in total. The summed E-state index contributed by atoms with van der Waals surface area (Å²) in [6.45, 7) is 3.73. The number of amides is 2. The second kappa shape index (κ2) is 5.71. The maximum Gasteiger partial charge on any atom is 0.246 e. The molecule has 20 heavy (non-hydrogen) atoms. The first kappa shape index (κ1) is 15.3. The van der Waals surface area contributed by atoms with Crippen molar-refractivity contribution in [2.45, 2.75) is 57.7 Å². The molecule has 2 unspecified atom stereocenters. The molecule has 0 bridgehead atoms. The van der Waals surface area contributed by atoms with E-state index in [1.54, 1.807) is 4.90 Å². The summed E-state index contributed by atoms with van der Waals surface area (Å²) in [4.78, 5) is 26.2. The number of nitrogens with one attached hydrogen (secondary N) is 1.